The first-order chi connectivity index (χ1) is 23.7. The van der Waals surface area contributed by atoms with Crippen LogP contribution in [0.1, 0.15) is 48.4 Å². The maximum atomic E-state index is 13.4. The highest BCUT2D eigenvalue weighted by Crippen LogP contribution is 2.30. The fourth-order valence-corrected chi connectivity index (χ4v) is 9.53. The van der Waals surface area contributed by atoms with Crippen molar-refractivity contribution in [3.63, 3.8) is 0 Å². The molecule has 2 N–H and O–H groups in total. The molecule has 14 heteroatoms. The number of carbonyl (C=O) groups excluding carboxylic acids is 2. The number of anilines is 2. The van der Waals surface area contributed by atoms with Crippen molar-refractivity contribution in [2.24, 2.45) is 0 Å². The molecule has 0 radical (unpaired) electrons. The van der Waals surface area contributed by atoms with Crippen LogP contribution in [0.15, 0.2) is 94.7 Å². The Morgan fingerprint density at radius 3 is 1.20 bits per heavy atom. The van der Waals surface area contributed by atoms with Crippen LogP contribution in [0.4, 0.5) is 11.4 Å². The zero-order chi connectivity index (χ0) is 35.8. The number of hydrogen-bond donors (Lipinski definition) is 2. The summed E-state index contributed by atoms with van der Waals surface area (Å²) in [6.45, 7) is 8.25. The number of rotatable bonds is 8. The van der Waals surface area contributed by atoms with Crippen molar-refractivity contribution in [2.45, 2.75) is 61.9 Å². The largest absolute Gasteiger partial charge is 0.373 e. The molecule has 4 aromatic rings. The van der Waals surface area contributed by atoms with Gasteiger partial charge in [0.05, 0.1) is 45.6 Å². The lowest BCUT2D eigenvalue weighted by Crippen LogP contribution is -2.48. The van der Waals surface area contributed by atoms with Gasteiger partial charge >= 0.3 is 0 Å². The van der Waals surface area contributed by atoms with Gasteiger partial charge in [0.15, 0.2) is 0 Å². The van der Waals surface area contributed by atoms with Gasteiger partial charge < -0.3 is 20.1 Å². The molecule has 264 valence electrons. The number of carbonyl (C=O) groups is 2. The van der Waals surface area contributed by atoms with Gasteiger partial charge in [-0.05, 0) is 99.1 Å². The van der Waals surface area contributed by atoms with Crippen LogP contribution in [0.5, 0.6) is 0 Å². The smallest absolute Gasteiger partial charge is 0.255 e. The summed E-state index contributed by atoms with van der Waals surface area (Å²) in [5, 5.41) is 7.35. The van der Waals surface area contributed by atoms with Crippen LogP contribution < -0.4 is 10.6 Å². The number of fused-ring (bicyclic) bond motifs is 1. The molecule has 0 saturated carbocycles. The Morgan fingerprint density at radius 2 is 0.880 bits per heavy atom. The van der Waals surface area contributed by atoms with Crippen molar-refractivity contribution in [1.29, 1.82) is 0 Å². The zero-order valence-electron chi connectivity index (χ0n) is 28.2. The molecule has 0 aromatic heterocycles. The topological polar surface area (TPSA) is 151 Å². The number of ether oxygens (including phenoxy) is 2. The second kappa shape index (κ2) is 14.2. The van der Waals surface area contributed by atoms with Gasteiger partial charge in [0.25, 0.3) is 11.8 Å². The monoisotopic (exact) mass is 720 g/mol. The Bertz CT molecular complexity index is 1950. The van der Waals surface area contributed by atoms with Crippen LogP contribution >= 0.6 is 0 Å². The number of morpholine rings is 2. The molecule has 4 atom stereocenters. The summed E-state index contributed by atoms with van der Waals surface area (Å²) >= 11 is 0. The first-order valence-electron chi connectivity index (χ1n) is 16.4. The molecule has 2 heterocycles. The van der Waals surface area contributed by atoms with Crippen LogP contribution in [-0.2, 0) is 29.5 Å². The van der Waals surface area contributed by atoms with Crippen molar-refractivity contribution in [1.82, 2.24) is 8.61 Å². The summed E-state index contributed by atoms with van der Waals surface area (Å²) in [7, 11) is -7.58. The minimum Gasteiger partial charge on any atom is -0.373 e. The summed E-state index contributed by atoms with van der Waals surface area (Å²) in [6, 6.07) is 22.3. The molecule has 6 rings (SSSR count). The maximum Gasteiger partial charge on any atom is 0.255 e. The number of nitrogens with one attached hydrogen (secondary N) is 2. The Morgan fingerprint density at radius 1 is 0.560 bits per heavy atom. The number of nitrogens with zero attached hydrogens (tertiary/aromatic N) is 2. The van der Waals surface area contributed by atoms with Crippen LogP contribution in [-0.4, -0.2) is 87.9 Å². The lowest BCUT2D eigenvalue weighted by atomic mass is 10.1. The number of sulfonamides is 2. The van der Waals surface area contributed by atoms with Gasteiger partial charge in [0.2, 0.25) is 20.0 Å². The minimum absolute atomic E-state index is 0.0712. The van der Waals surface area contributed by atoms with Gasteiger partial charge in [0, 0.05) is 37.3 Å². The van der Waals surface area contributed by atoms with Gasteiger partial charge in [-0.2, -0.15) is 8.61 Å². The zero-order valence-corrected chi connectivity index (χ0v) is 29.8. The Labute approximate surface area is 292 Å². The normalized spacial score (nSPS) is 22.2. The van der Waals surface area contributed by atoms with Gasteiger partial charge in [-0.15, -0.1) is 0 Å². The van der Waals surface area contributed by atoms with Crippen molar-refractivity contribution in [3.05, 3.63) is 96.1 Å². The molecule has 0 aliphatic carbocycles. The second-order valence-corrected chi connectivity index (χ2v) is 16.7. The fourth-order valence-electron chi connectivity index (χ4n) is 6.34. The van der Waals surface area contributed by atoms with E-state index in [-0.39, 0.29) is 71.5 Å². The quantitative estimate of drug-likeness (QED) is 0.260. The van der Waals surface area contributed by atoms with E-state index in [9.17, 15) is 26.4 Å². The van der Waals surface area contributed by atoms with E-state index in [2.05, 4.69) is 10.6 Å². The van der Waals surface area contributed by atoms with Crippen molar-refractivity contribution < 1.29 is 35.9 Å². The summed E-state index contributed by atoms with van der Waals surface area (Å²) in [5.74, 6) is -1.01. The van der Waals surface area contributed by atoms with E-state index in [1.54, 1.807) is 12.1 Å². The maximum absolute atomic E-state index is 13.4. The molecule has 50 heavy (non-hydrogen) atoms. The molecule has 2 fully saturated rings. The standard InChI is InChI=1S/C36H40N4O8S2/c1-23-19-39(20-24(2)47-23)49(43,44)31-13-9-27(10-14-31)35(41)37-33-17-29-7-5-6-8-30(29)18-34(33)38-36(42)28-11-15-32(16-12-28)50(45,46)40-21-25(3)48-26(4)22-40/h5-18,23-26H,19-22H2,1-4H3,(H,37,41)(H,38,42)/t23-,24+,25-,26+. The van der Waals surface area contributed by atoms with Crippen LogP contribution in [0.2, 0.25) is 0 Å². The van der Waals surface area contributed by atoms with Gasteiger partial charge in [-0.25, -0.2) is 16.8 Å². The molecular formula is C36H40N4O8S2. The molecule has 2 aliphatic heterocycles. The number of benzene rings is 4. The summed E-state index contributed by atoms with van der Waals surface area (Å²) in [4.78, 5) is 27.0. The molecule has 2 amide bonds. The first kappa shape index (κ1) is 35.6. The first-order valence-corrected chi connectivity index (χ1v) is 19.3. The number of amides is 2. The molecule has 0 spiro atoms. The molecule has 4 aromatic carbocycles. The SMILES string of the molecule is C[C@@H]1CN(S(=O)(=O)c2ccc(C(=O)Nc3cc4ccccc4cc3NC(=O)c3ccc(S(=O)(=O)N4C[C@@H](C)O[C@@H](C)C4)cc3)cc2)C[C@H](C)O1. The number of hydrogen-bond acceptors (Lipinski definition) is 8. The van der Waals surface area contributed by atoms with E-state index in [4.69, 9.17) is 9.47 Å². The third-order valence-corrected chi connectivity index (χ3v) is 12.4. The lowest BCUT2D eigenvalue weighted by molar-refractivity contribution is -0.0442. The predicted octanol–water partition coefficient (Wildman–Crippen LogP) is 4.94. The molecular weight excluding hydrogens is 681 g/mol. The average Bonchev–Trinajstić information content (AvgIpc) is 3.07. The van der Waals surface area contributed by atoms with Crippen LogP contribution in [0, 0.1) is 0 Å². The Balaban J connectivity index is 1.20. The molecule has 0 bridgehead atoms. The lowest BCUT2D eigenvalue weighted by Gasteiger charge is -2.34. The van der Waals surface area contributed by atoms with Gasteiger partial charge in [0.1, 0.15) is 0 Å². The highest BCUT2D eigenvalue weighted by atomic mass is 32.2. The van der Waals surface area contributed by atoms with E-state index in [0.717, 1.165) is 10.8 Å². The van der Waals surface area contributed by atoms with E-state index in [0.29, 0.717) is 11.4 Å². The van der Waals surface area contributed by atoms with E-state index >= 15 is 0 Å². The summed E-state index contributed by atoms with van der Waals surface area (Å²) in [6.07, 6.45) is -0.948. The van der Waals surface area contributed by atoms with Crippen molar-refractivity contribution in [3.8, 4) is 0 Å². The third kappa shape index (κ3) is 7.60. The second-order valence-electron chi connectivity index (χ2n) is 12.9. The minimum atomic E-state index is -3.79. The predicted molar refractivity (Wildman–Crippen MR) is 190 cm³/mol. The van der Waals surface area contributed by atoms with Gasteiger partial charge in [-0.3, -0.25) is 9.59 Å². The highest BCUT2D eigenvalue weighted by molar-refractivity contribution is 7.89. The Kier molecular flexibility index (Phi) is 10.1. The summed E-state index contributed by atoms with van der Waals surface area (Å²) in [5.41, 5.74) is 1.09. The van der Waals surface area contributed by atoms with Crippen LogP contribution in [0.3, 0.4) is 0 Å². The Hall–Kier alpha value is -4.18. The fraction of sp³-hybridized carbons (Fsp3) is 0.333. The third-order valence-electron chi connectivity index (χ3n) is 8.66. The molecule has 2 saturated heterocycles. The average molecular weight is 721 g/mol. The molecule has 12 nitrogen and oxygen atoms in total. The van der Waals surface area contributed by atoms with Gasteiger partial charge in [-0.1, -0.05) is 24.3 Å². The molecule has 2 aliphatic rings. The molecule has 0 unspecified atom stereocenters. The van der Waals surface area contributed by atoms with E-state index < -0.39 is 31.9 Å². The van der Waals surface area contributed by atoms with E-state index in [1.807, 2.05) is 52.0 Å². The van der Waals surface area contributed by atoms with Crippen molar-refractivity contribution >= 4 is 54.0 Å². The van der Waals surface area contributed by atoms with Crippen molar-refractivity contribution in [2.75, 3.05) is 36.8 Å². The van der Waals surface area contributed by atoms with E-state index in [1.165, 1.54) is 57.1 Å². The van der Waals surface area contributed by atoms with Crippen LogP contribution in [0.25, 0.3) is 10.8 Å². The summed E-state index contributed by atoms with van der Waals surface area (Å²) < 4.78 is 67.3. The highest BCUT2D eigenvalue weighted by Gasteiger charge is 2.33.